The molecule has 1 aromatic carbocycles. The summed E-state index contributed by atoms with van der Waals surface area (Å²) < 4.78 is 11.4. The average molecular weight is 247 g/mol. The summed E-state index contributed by atoms with van der Waals surface area (Å²) in [6.45, 7) is 0. The highest BCUT2D eigenvalue weighted by Gasteiger charge is 2.21. The standard InChI is InChI=1S/C13H13NO2S/c15-9-5-7-10(8-6-9)16-13-11-3-1-2-4-12(11)17-14-13/h1-4,10H,5-8H2. The first-order valence-electron chi connectivity index (χ1n) is 5.86. The summed E-state index contributed by atoms with van der Waals surface area (Å²) in [6.07, 6.45) is 3.09. The summed E-state index contributed by atoms with van der Waals surface area (Å²) in [7, 11) is 0. The van der Waals surface area contributed by atoms with E-state index in [1.54, 1.807) is 0 Å². The first-order valence-corrected chi connectivity index (χ1v) is 6.63. The van der Waals surface area contributed by atoms with E-state index in [-0.39, 0.29) is 6.10 Å². The Hall–Kier alpha value is -1.42. The van der Waals surface area contributed by atoms with Gasteiger partial charge in [0.05, 0.1) is 10.1 Å². The van der Waals surface area contributed by atoms with Crippen molar-refractivity contribution in [3.63, 3.8) is 0 Å². The molecular formula is C13H13NO2S. The molecule has 1 aliphatic rings. The van der Waals surface area contributed by atoms with E-state index in [9.17, 15) is 4.79 Å². The summed E-state index contributed by atoms with van der Waals surface area (Å²) in [6, 6.07) is 8.07. The molecule has 2 aromatic rings. The topological polar surface area (TPSA) is 39.2 Å². The summed E-state index contributed by atoms with van der Waals surface area (Å²) in [5.41, 5.74) is 0. The molecule has 0 bridgehead atoms. The molecule has 0 unspecified atom stereocenters. The van der Waals surface area contributed by atoms with E-state index >= 15 is 0 Å². The third-order valence-corrected chi connectivity index (χ3v) is 3.92. The number of aromatic nitrogens is 1. The molecular weight excluding hydrogens is 234 g/mol. The molecule has 1 aliphatic carbocycles. The van der Waals surface area contributed by atoms with Crippen LogP contribution in [0.4, 0.5) is 0 Å². The molecule has 0 radical (unpaired) electrons. The molecule has 0 spiro atoms. The number of nitrogens with zero attached hydrogens (tertiary/aromatic N) is 1. The number of carbonyl (C=O) groups excluding carboxylic acids is 1. The highest BCUT2D eigenvalue weighted by Crippen LogP contribution is 2.30. The van der Waals surface area contributed by atoms with Gasteiger partial charge in [0.15, 0.2) is 0 Å². The maximum absolute atomic E-state index is 11.2. The minimum Gasteiger partial charge on any atom is -0.473 e. The Balaban J connectivity index is 1.78. The lowest BCUT2D eigenvalue weighted by molar-refractivity contribution is -0.121. The lowest BCUT2D eigenvalue weighted by Gasteiger charge is -2.21. The normalized spacial score (nSPS) is 17.5. The largest absolute Gasteiger partial charge is 0.473 e. The van der Waals surface area contributed by atoms with E-state index in [0.29, 0.717) is 18.6 Å². The predicted octanol–water partition coefficient (Wildman–Crippen LogP) is 3.19. The number of benzene rings is 1. The van der Waals surface area contributed by atoms with E-state index in [4.69, 9.17) is 4.74 Å². The average Bonchev–Trinajstić information content (AvgIpc) is 2.76. The monoisotopic (exact) mass is 247 g/mol. The second kappa shape index (κ2) is 4.45. The Morgan fingerprint density at radius 3 is 2.82 bits per heavy atom. The SMILES string of the molecule is O=C1CCC(Oc2nsc3ccccc23)CC1. The van der Waals surface area contributed by atoms with Gasteiger partial charge in [0.25, 0.3) is 0 Å². The molecule has 3 nitrogen and oxygen atoms in total. The van der Waals surface area contributed by atoms with Gasteiger partial charge in [0, 0.05) is 12.8 Å². The second-order valence-corrected chi connectivity index (χ2v) is 5.14. The van der Waals surface area contributed by atoms with Gasteiger partial charge >= 0.3 is 0 Å². The van der Waals surface area contributed by atoms with Crippen molar-refractivity contribution in [2.75, 3.05) is 0 Å². The van der Waals surface area contributed by atoms with Crippen LogP contribution in [0.15, 0.2) is 24.3 Å². The minimum atomic E-state index is 0.151. The molecule has 17 heavy (non-hydrogen) atoms. The van der Waals surface area contributed by atoms with Crippen LogP contribution < -0.4 is 4.74 Å². The van der Waals surface area contributed by atoms with Crippen LogP contribution in [0.2, 0.25) is 0 Å². The number of hydrogen-bond donors (Lipinski definition) is 0. The van der Waals surface area contributed by atoms with Crippen LogP contribution in [0, 0.1) is 0 Å². The lowest BCUT2D eigenvalue weighted by atomic mass is 9.96. The highest BCUT2D eigenvalue weighted by molar-refractivity contribution is 7.13. The molecule has 1 saturated carbocycles. The fourth-order valence-electron chi connectivity index (χ4n) is 2.14. The Labute approximate surface area is 104 Å². The van der Waals surface area contributed by atoms with Gasteiger partial charge in [0.1, 0.15) is 11.9 Å². The first kappa shape index (κ1) is 10.7. The van der Waals surface area contributed by atoms with Crippen LogP contribution in [-0.2, 0) is 4.79 Å². The third kappa shape index (κ3) is 2.17. The molecule has 0 N–H and O–H groups in total. The minimum absolute atomic E-state index is 0.151. The Kier molecular flexibility index (Phi) is 2.81. The lowest BCUT2D eigenvalue weighted by Crippen LogP contribution is -2.24. The molecule has 1 aromatic heterocycles. The second-order valence-electron chi connectivity index (χ2n) is 4.34. The molecule has 1 fully saturated rings. The van der Waals surface area contributed by atoms with E-state index in [1.807, 2.05) is 24.3 Å². The van der Waals surface area contributed by atoms with Crippen LogP contribution in [-0.4, -0.2) is 16.3 Å². The van der Waals surface area contributed by atoms with Crippen LogP contribution in [0.25, 0.3) is 10.1 Å². The van der Waals surface area contributed by atoms with E-state index in [2.05, 4.69) is 4.37 Å². The zero-order valence-electron chi connectivity index (χ0n) is 9.39. The maximum atomic E-state index is 11.2. The number of ether oxygens (including phenoxy) is 1. The maximum Gasteiger partial charge on any atom is 0.233 e. The summed E-state index contributed by atoms with van der Waals surface area (Å²) >= 11 is 1.46. The van der Waals surface area contributed by atoms with Gasteiger partial charge in [-0.15, -0.1) is 0 Å². The summed E-state index contributed by atoms with van der Waals surface area (Å²) in [5, 5.41) is 1.08. The number of Topliss-reactive ketones (excluding diaryl/α,β-unsaturated/α-hetero) is 1. The van der Waals surface area contributed by atoms with Gasteiger partial charge in [-0.3, -0.25) is 4.79 Å². The van der Waals surface area contributed by atoms with Crippen molar-refractivity contribution in [1.82, 2.24) is 4.37 Å². The van der Waals surface area contributed by atoms with Gasteiger partial charge in [0.2, 0.25) is 5.88 Å². The third-order valence-electron chi connectivity index (χ3n) is 3.11. The zero-order chi connectivity index (χ0) is 11.7. The number of ketones is 1. The van der Waals surface area contributed by atoms with Crippen LogP contribution in [0.1, 0.15) is 25.7 Å². The Morgan fingerprint density at radius 2 is 2.00 bits per heavy atom. The number of carbonyl (C=O) groups is 1. The van der Waals surface area contributed by atoms with Gasteiger partial charge < -0.3 is 4.74 Å². The molecule has 0 amide bonds. The van der Waals surface area contributed by atoms with Crippen molar-refractivity contribution in [2.24, 2.45) is 0 Å². The van der Waals surface area contributed by atoms with E-state index in [0.717, 1.165) is 28.8 Å². The van der Waals surface area contributed by atoms with Crippen molar-refractivity contribution in [2.45, 2.75) is 31.8 Å². The molecule has 0 atom stereocenters. The quantitative estimate of drug-likeness (QED) is 0.818. The first-order chi connectivity index (χ1) is 8.33. The molecule has 0 saturated heterocycles. The van der Waals surface area contributed by atoms with Crippen molar-refractivity contribution in [3.05, 3.63) is 24.3 Å². The van der Waals surface area contributed by atoms with Crippen molar-refractivity contribution >= 4 is 27.4 Å². The Bertz CT molecular complexity index is 539. The molecule has 3 rings (SSSR count). The molecule has 0 aliphatic heterocycles. The van der Waals surface area contributed by atoms with Gasteiger partial charge in [-0.2, -0.15) is 4.37 Å². The highest BCUT2D eigenvalue weighted by atomic mass is 32.1. The fourth-order valence-corrected chi connectivity index (χ4v) is 2.85. The number of rotatable bonds is 2. The Morgan fingerprint density at radius 1 is 1.24 bits per heavy atom. The number of fused-ring (bicyclic) bond motifs is 1. The summed E-state index contributed by atoms with van der Waals surface area (Å²) in [5.74, 6) is 1.08. The van der Waals surface area contributed by atoms with Crippen molar-refractivity contribution in [1.29, 1.82) is 0 Å². The predicted molar refractivity (Wildman–Crippen MR) is 67.5 cm³/mol. The van der Waals surface area contributed by atoms with Crippen LogP contribution in [0.3, 0.4) is 0 Å². The van der Waals surface area contributed by atoms with Crippen molar-refractivity contribution < 1.29 is 9.53 Å². The van der Waals surface area contributed by atoms with Gasteiger partial charge in [-0.1, -0.05) is 12.1 Å². The van der Waals surface area contributed by atoms with Gasteiger partial charge in [-0.25, -0.2) is 0 Å². The smallest absolute Gasteiger partial charge is 0.233 e. The molecule has 1 heterocycles. The van der Waals surface area contributed by atoms with Crippen LogP contribution >= 0.6 is 11.5 Å². The summed E-state index contributed by atoms with van der Waals surface area (Å²) in [4.78, 5) is 11.2. The zero-order valence-corrected chi connectivity index (χ0v) is 10.2. The molecule has 88 valence electrons. The van der Waals surface area contributed by atoms with Gasteiger partial charge in [-0.05, 0) is 36.5 Å². The van der Waals surface area contributed by atoms with E-state index < -0.39 is 0 Å². The van der Waals surface area contributed by atoms with E-state index in [1.165, 1.54) is 11.5 Å². The fraction of sp³-hybridized carbons (Fsp3) is 0.385. The van der Waals surface area contributed by atoms with Crippen LogP contribution in [0.5, 0.6) is 5.88 Å². The van der Waals surface area contributed by atoms with Crippen molar-refractivity contribution in [3.8, 4) is 5.88 Å². The molecule has 4 heteroatoms. The number of hydrogen-bond acceptors (Lipinski definition) is 4.